The molecule has 1 saturated carbocycles. The molecule has 1 aliphatic carbocycles. The van der Waals surface area contributed by atoms with Crippen LogP contribution in [0.15, 0.2) is 28.5 Å². The van der Waals surface area contributed by atoms with Crippen LogP contribution in [-0.2, 0) is 28.2 Å². The maximum absolute atomic E-state index is 12.9. The molecule has 3 heterocycles. The number of aryl methyl sites for hydroxylation is 1. The van der Waals surface area contributed by atoms with Crippen LogP contribution in [0.25, 0.3) is 0 Å². The normalized spacial score (nSPS) is 19.9. The highest BCUT2D eigenvalue weighted by Gasteiger charge is 2.33. The predicted molar refractivity (Wildman–Crippen MR) is 114 cm³/mol. The second-order valence-corrected chi connectivity index (χ2v) is 11.5. The van der Waals surface area contributed by atoms with Gasteiger partial charge in [0.2, 0.25) is 16.0 Å². The van der Waals surface area contributed by atoms with Crippen LogP contribution in [0.5, 0.6) is 0 Å². The van der Waals surface area contributed by atoms with Crippen molar-refractivity contribution in [1.82, 2.24) is 24.1 Å². The fourth-order valence-corrected chi connectivity index (χ4v) is 7.05. The fourth-order valence-electron chi connectivity index (χ4n) is 4.03. The van der Waals surface area contributed by atoms with Crippen LogP contribution in [0.2, 0.25) is 0 Å². The number of aromatic nitrogens is 4. The second-order valence-electron chi connectivity index (χ2n) is 7.90. The summed E-state index contributed by atoms with van der Waals surface area (Å²) in [6.07, 6.45) is 9.31. The molecule has 1 saturated heterocycles. The number of anilines is 1. The number of nitrogens with zero attached hydrogens (tertiary/aromatic N) is 6. The van der Waals surface area contributed by atoms with Crippen molar-refractivity contribution in [3.63, 3.8) is 0 Å². The molecule has 10 nitrogen and oxygen atoms in total. The summed E-state index contributed by atoms with van der Waals surface area (Å²) < 4.78 is 41.3. The molecule has 0 bridgehead atoms. The topological polar surface area (TPSA) is 140 Å². The molecule has 0 spiro atoms. The van der Waals surface area contributed by atoms with Gasteiger partial charge in [-0.1, -0.05) is 0 Å². The molecular formula is C19H25N7O3S2. The largest absolute Gasteiger partial charge is 0.610 e. The van der Waals surface area contributed by atoms with E-state index in [1.54, 1.807) is 7.05 Å². The van der Waals surface area contributed by atoms with Crippen molar-refractivity contribution in [1.29, 1.82) is 5.26 Å². The van der Waals surface area contributed by atoms with E-state index < -0.39 is 21.2 Å². The summed E-state index contributed by atoms with van der Waals surface area (Å²) >= 11 is -1.33. The van der Waals surface area contributed by atoms with Crippen molar-refractivity contribution in [2.24, 2.45) is 7.05 Å². The highest BCUT2D eigenvalue weighted by Crippen LogP contribution is 2.30. The van der Waals surface area contributed by atoms with Crippen LogP contribution in [0.1, 0.15) is 44.1 Å². The van der Waals surface area contributed by atoms with Crippen LogP contribution in [-0.4, -0.2) is 61.4 Å². The molecule has 1 N–H and O–H groups in total. The van der Waals surface area contributed by atoms with Crippen molar-refractivity contribution >= 4 is 27.1 Å². The first-order valence-electron chi connectivity index (χ1n) is 10.3. The molecular weight excluding hydrogens is 438 g/mol. The number of hydrogen-bond donors (Lipinski definition) is 1. The zero-order valence-electron chi connectivity index (χ0n) is 17.3. The maximum atomic E-state index is 12.9. The number of hydrogen-bond acceptors (Lipinski definition) is 8. The van der Waals surface area contributed by atoms with Gasteiger partial charge in [-0.3, -0.25) is 4.68 Å². The van der Waals surface area contributed by atoms with Gasteiger partial charge in [0, 0.05) is 43.6 Å². The summed E-state index contributed by atoms with van der Waals surface area (Å²) in [6, 6.07) is 2.03. The molecule has 1 unspecified atom stereocenters. The van der Waals surface area contributed by atoms with Gasteiger partial charge in [0.05, 0.1) is 12.4 Å². The van der Waals surface area contributed by atoms with Crippen LogP contribution >= 0.6 is 0 Å². The van der Waals surface area contributed by atoms with Crippen LogP contribution in [0, 0.1) is 11.3 Å². The maximum Gasteiger partial charge on any atom is 0.267 e. The van der Waals surface area contributed by atoms with Crippen molar-refractivity contribution < 1.29 is 13.0 Å². The average molecular weight is 464 g/mol. The molecule has 2 aromatic rings. The van der Waals surface area contributed by atoms with E-state index in [0.717, 1.165) is 25.7 Å². The standard InChI is InChI=1S/C19H25N7O3S2/c1-25-13-17(12-22-25)31(28,29)26-8-6-15(7-9-26)23-19-21-11-14(10-20)18(24-19)30(27)16-4-2-3-5-16/h11-13,15-16H,2-9H2,1H3,(H,21,23,24). The van der Waals surface area contributed by atoms with Crippen molar-refractivity contribution in [2.75, 3.05) is 18.4 Å². The van der Waals surface area contributed by atoms with Gasteiger partial charge in [0.25, 0.3) is 5.03 Å². The fraction of sp³-hybridized carbons (Fsp3) is 0.579. The van der Waals surface area contributed by atoms with Gasteiger partial charge in [-0.05, 0) is 38.5 Å². The number of rotatable bonds is 6. The average Bonchev–Trinajstić information content (AvgIpc) is 3.46. The summed E-state index contributed by atoms with van der Waals surface area (Å²) in [5.74, 6) is 0.328. The highest BCUT2D eigenvalue weighted by molar-refractivity contribution is 7.92. The van der Waals surface area contributed by atoms with Crippen molar-refractivity contribution in [2.45, 2.75) is 59.7 Å². The van der Waals surface area contributed by atoms with E-state index in [0.29, 0.717) is 36.9 Å². The van der Waals surface area contributed by atoms with E-state index >= 15 is 0 Å². The van der Waals surface area contributed by atoms with Gasteiger partial charge in [-0.15, -0.1) is 0 Å². The second kappa shape index (κ2) is 9.12. The lowest BCUT2D eigenvalue weighted by atomic mass is 10.1. The van der Waals surface area contributed by atoms with Gasteiger partial charge in [0.1, 0.15) is 21.8 Å². The first-order valence-corrected chi connectivity index (χ1v) is 13.0. The van der Waals surface area contributed by atoms with Crippen LogP contribution in [0.4, 0.5) is 5.95 Å². The minimum atomic E-state index is -3.56. The third-order valence-electron chi connectivity index (χ3n) is 5.78. The van der Waals surface area contributed by atoms with E-state index in [1.807, 2.05) is 6.07 Å². The Kier molecular flexibility index (Phi) is 6.47. The predicted octanol–water partition coefficient (Wildman–Crippen LogP) is 1.40. The smallest absolute Gasteiger partial charge is 0.267 e. The zero-order valence-corrected chi connectivity index (χ0v) is 18.9. The molecule has 0 aromatic carbocycles. The third kappa shape index (κ3) is 4.69. The van der Waals surface area contributed by atoms with Gasteiger partial charge in [0.15, 0.2) is 0 Å². The minimum absolute atomic E-state index is 0.0129. The van der Waals surface area contributed by atoms with Crippen molar-refractivity contribution in [3.05, 3.63) is 24.2 Å². The number of nitriles is 1. The molecule has 31 heavy (non-hydrogen) atoms. The highest BCUT2D eigenvalue weighted by atomic mass is 32.2. The van der Waals surface area contributed by atoms with E-state index in [9.17, 15) is 18.2 Å². The number of piperidine rings is 1. The lowest BCUT2D eigenvalue weighted by Crippen LogP contribution is -2.42. The van der Waals surface area contributed by atoms with Gasteiger partial charge < -0.3 is 9.87 Å². The molecule has 4 rings (SSSR count). The molecule has 12 heteroatoms. The Bertz CT molecular complexity index is 1070. The summed E-state index contributed by atoms with van der Waals surface area (Å²) in [4.78, 5) is 8.81. The Labute approximate surface area is 184 Å². The summed E-state index contributed by atoms with van der Waals surface area (Å²) in [6.45, 7) is 0.734. The zero-order chi connectivity index (χ0) is 22.0. The monoisotopic (exact) mass is 463 g/mol. The van der Waals surface area contributed by atoms with Crippen LogP contribution in [0.3, 0.4) is 0 Å². The summed E-state index contributed by atoms with van der Waals surface area (Å²) in [5.41, 5.74) is 0.244. The Balaban J connectivity index is 1.41. The molecule has 1 atom stereocenters. The van der Waals surface area contributed by atoms with E-state index in [1.165, 1.54) is 27.6 Å². The Morgan fingerprint density at radius 2 is 1.94 bits per heavy atom. The molecule has 0 amide bonds. The van der Waals surface area contributed by atoms with Gasteiger partial charge >= 0.3 is 0 Å². The summed E-state index contributed by atoms with van der Waals surface area (Å²) in [5, 5.41) is 16.9. The lowest BCUT2D eigenvalue weighted by molar-refractivity contribution is 0.329. The van der Waals surface area contributed by atoms with E-state index in [4.69, 9.17) is 0 Å². The van der Waals surface area contributed by atoms with E-state index in [2.05, 4.69) is 20.4 Å². The molecule has 2 fully saturated rings. The SMILES string of the molecule is Cn1cc(S(=O)(=O)N2CCC(Nc3ncc(C#N)c([S+]([O-])C4CCCC4)n3)CC2)cn1. The van der Waals surface area contributed by atoms with Crippen molar-refractivity contribution in [3.8, 4) is 6.07 Å². The molecule has 2 aromatic heterocycles. The van der Waals surface area contributed by atoms with Gasteiger partial charge in [-0.2, -0.15) is 19.6 Å². The number of nitrogens with one attached hydrogen (secondary N) is 1. The molecule has 166 valence electrons. The molecule has 2 aliphatic rings. The minimum Gasteiger partial charge on any atom is -0.610 e. The quantitative estimate of drug-likeness (QED) is 0.501. The van der Waals surface area contributed by atoms with E-state index in [-0.39, 0.29) is 21.8 Å². The van der Waals surface area contributed by atoms with Gasteiger partial charge in [-0.25, -0.2) is 13.4 Å². The lowest BCUT2D eigenvalue weighted by Gasteiger charge is -2.31. The Morgan fingerprint density at radius 3 is 2.55 bits per heavy atom. The summed E-state index contributed by atoms with van der Waals surface area (Å²) in [7, 11) is -1.88. The first-order chi connectivity index (χ1) is 14.9. The molecule has 0 radical (unpaired) electrons. The van der Waals surface area contributed by atoms with Crippen LogP contribution < -0.4 is 5.32 Å². The Morgan fingerprint density at radius 1 is 1.23 bits per heavy atom. The number of sulfonamides is 1. The molecule has 1 aliphatic heterocycles. The Hall–Kier alpha value is -2.20. The third-order valence-corrected chi connectivity index (χ3v) is 9.40. The first kappa shape index (κ1) is 22.0.